The van der Waals surface area contributed by atoms with E-state index in [1.54, 1.807) is 12.1 Å². The summed E-state index contributed by atoms with van der Waals surface area (Å²) in [6, 6.07) is 10.8. The lowest BCUT2D eigenvalue weighted by Gasteiger charge is -2.21. The predicted octanol–water partition coefficient (Wildman–Crippen LogP) is 2.07. The molecule has 0 fully saturated rings. The standard InChI is InChI=1S/C15H16N2O3/c1-15(2,14(19)20)16-13(18)11-5-7-12(8-6-11)17-9-3-4-10-17/h3-10H,1-2H3,(H,16,18)(H,19,20). The third-order valence-corrected chi connectivity index (χ3v) is 2.99. The van der Waals surface area contributed by atoms with Crippen LogP contribution in [0.15, 0.2) is 48.8 Å². The third kappa shape index (κ3) is 2.88. The molecule has 0 saturated carbocycles. The summed E-state index contributed by atoms with van der Waals surface area (Å²) in [6.07, 6.45) is 3.81. The number of carboxylic acids is 1. The van der Waals surface area contributed by atoms with Crippen LogP contribution in [0.1, 0.15) is 24.2 Å². The van der Waals surface area contributed by atoms with Gasteiger partial charge in [-0.1, -0.05) is 0 Å². The summed E-state index contributed by atoms with van der Waals surface area (Å²) in [5.41, 5.74) is 0.0650. The van der Waals surface area contributed by atoms with Crippen molar-refractivity contribution in [2.45, 2.75) is 19.4 Å². The first-order chi connectivity index (χ1) is 9.40. The zero-order chi connectivity index (χ0) is 14.8. The molecule has 1 heterocycles. The molecule has 0 spiro atoms. The van der Waals surface area contributed by atoms with Crippen molar-refractivity contribution in [1.82, 2.24) is 9.88 Å². The fourth-order valence-corrected chi connectivity index (χ4v) is 1.70. The second-order valence-electron chi connectivity index (χ2n) is 5.02. The Balaban J connectivity index is 2.14. The minimum atomic E-state index is -1.30. The van der Waals surface area contributed by atoms with Crippen LogP contribution in [-0.4, -0.2) is 27.1 Å². The van der Waals surface area contributed by atoms with Gasteiger partial charge in [-0.05, 0) is 50.2 Å². The van der Waals surface area contributed by atoms with Crippen LogP contribution in [0.4, 0.5) is 0 Å². The summed E-state index contributed by atoms with van der Waals surface area (Å²) in [7, 11) is 0. The molecule has 20 heavy (non-hydrogen) atoms. The van der Waals surface area contributed by atoms with Crippen LogP contribution in [0, 0.1) is 0 Å². The number of hydrogen-bond acceptors (Lipinski definition) is 2. The molecule has 1 amide bonds. The summed E-state index contributed by atoms with van der Waals surface area (Å²) in [4.78, 5) is 23.0. The van der Waals surface area contributed by atoms with Gasteiger partial charge in [0.1, 0.15) is 5.54 Å². The quantitative estimate of drug-likeness (QED) is 0.895. The van der Waals surface area contributed by atoms with Gasteiger partial charge in [-0.3, -0.25) is 4.79 Å². The Kier molecular flexibility index (Phi) is 3.61. The van der Waals surface area contributed by atoms with E-state index in [1.807, 2.05) is 41.2 Å². The first-order valence-corrected chi connectivity index (χ1v) is 6.19. The smallest absolute Gasteiger partial charge is 0.328 e. The number of aliphatic carboxylic acids is 1. The van der Waals surface area contributed by atoms with Crippen LogP contribution < -0.4 is 5.32 Å². The maximum Gasteiger partial charge on any atom is 0.328 e. The van der Waals surface area contributed by atoms with Gasteiger partial charge in [0, 0.05) is 23.6 Å². The molecule has 0 aliphatic heterocycles. The van der Waals surface area contributed by atoms with Gasteiger partial charge in [0.05, 0.1) is 0 Å². The summed E-state index contributed by atoms with van der Waals surface area (Å²) in [6.45, 7) is 2.89. The van der Waals surface area contributed by atoms with E-state index in [-0.39, 0.29) is 0 Å². The fourth-order valence-electron chi connectivity index (χ4n) is 1.70. The zero-order valence-corrected chi connectivity index (χ0v) is 11.3. The zero-order valence-electron chi connectivity index (χ0n) is 11.3. The number of carboxylic acid groups (broad SMARTS) is 1. The maximum atomic E-state index is 12.0. The van der Waals surface area contributed by atoms with Gasteiger partial charge in [0.2, 0.25) is 0 Å². The Hall–Kier alpha value is -2.56. The fraction of sp³-hybridized carbons (Fsp3) is 0.200. The number of amides is 1. The van der Waals surface area contributed by atoms with Crippen LogP contribution in [0.3, 0.4) is 0 Å². The molecule has 0 radical (unpaired) electrons. The first kappa shape index (κ1) is 13.9. The van der Waals surface area contributed by atoms with Crippen molar-refractivity contribution < 1.29 is 14.7 Å². The lowest BCUT2D eigenvalue weighted by atomic mass is 10.1. The third-order valence-electron chi connectivity index (χ3n) is 2.99. The number of carbonyl (C=O) groups excluding carboxylic acids is 1. The molecule has 5 nitrogen and oxygen atoms in total. The topological polar surface area (TPSA) is 71.3 Å². The van der Waals surface area contributed by atoms with Crippen molar-refractivity contribution in [3.05, 3.63) is 54.4 Å². The normalized spacial score (nSPS) is 11.1. The molecule has 5 heteroatoms. The SMILES string of the molecule is CC(C)(NC(=O)c1ccc(-n2cccc2)cc1)C(=O)O. The molecule has 0 atom stereocenters. The van der Waals surface area contributed by atoms with Crippen molar-refractivity contribution in [2.24, 2.45) is 0 Å². The molecule has 2 aromatic rings. The van der Waals surface area contributed by atoms with Crippen molar-refractivity contribution in [3.8, 4) is 5.69 Å². The van der Waals surface area contributed by atoms with E-state index in [0.717, 1.165) is 5.69 Å². The van der Waals surface area contributed by atoms with Crippen molar-refractivity contribution in [2.75, 3.05) is 0 Å². The van der Waals surface area contributed by atoms with Crippen LogP contribution in [0.25, 0.3) is 5.69 Å². The number of benzene rings is 1. The molecule has 0 bridgehead atoms. The van der Waals surface area contributed by atoms with E-state index in [9.17, 15) is 9.59 Å². The summed E-state index contributed by atoms with van der Waals surface area (Å²) < 4.78 is 1.92. The number of rotatable bonds is 4. The Morgan fingerprint density at radius 2 is 1.65 bits per heavy atom. The molecule has 1 aromatic carbocycles. The predicted molar refractivity (Wildman–Crippen MR) is 75.0 cm³/mol. The number of hydrogen-bond donors (Lipinski definition) is 2. The minimum absolute atomic E-state index is 0.406. The Bertz CT molecular complexity index is 613. The van der Waals surface area contributed by atoms with Gasteiger partial charge >= 0.3 is 5.97 Å². The van der Waals surface area contributed by atoms with E-state index in [0.29, 0.717) is 5.56 Å². The average molecular weight is 272 g/mol. The van der Waals surface area contributed by atoms with Crippen LogP contribution in [0.2, 0.25) is 0 Å². The van der Waals surface area contributed by atoms with Crippen molar-refractivity contribution in [1.29, 1.82) is 0 Å². The number of carbonyl (C=O) groups is 2. The van der Waals surface area contributed by atoms with Gasteiger partial charge < -0.3 is 15.0 Å². The first-order valence-electron chi connectivity index (χ1n) is 6.19. The highest BCUT2D eigenvalue weighted by atomic mass is 16.4. The molecular formula is C15H16N2O3. The number of nitrogens with zero attached hydrogens (tertiary/aromatic N) is 1. The van der Waals surface area contributed by atoms with E-state index in [2.05, 4.69) is 5.32 Å². The van der Waals surface area contributed by atoms with Crippen LogP contribution >= 0.6 is 0 Å². The second kappa shape index (κ2) is 5.21. The molecule has 0 unspecified atom stereocenters. The number of nitrogens with one attached hydrogen (secondary N) is 1. The highest BCUT2D eigenvalue weighted by Gasteiger charge is 2.29. The Morgan fingerprint density at radius 1 is 1.10 bits per heavy atom. The van der Waals surface area contributed by atoms with Crippen LogP contribution in [-0.2, 0) is 4.79 Å². The lowest BCUT2D eigenvalue weighted by Crippen LogP contribution is -2.49. The van der Waals surface area contributed by atoms with E-state index < -0.39 is 17.4 Å². The summed E-state index contributed by atoms with van der Waals surface area (Å²) in [5.74, 6) is -1.48. The molecule has 1 aromatic heterocycles. The van der Waals surface area contributed by atoms with Crippen LogP contribution in [0.5, 0.6) is 0 Å². The van der Waals surface area contributed by atoms with Gasteiger partial charge in [0.15, 0.2) is 0 Å². The highest BCUT2D eigenvalue weighted by Crippen LogP contribution is 2.11. The monoisotopic (exact) mass is 272 g/mol. The van der Waals surface area contributed by atoms with E-state index in [1.165, 1.54) is 13.8 Å². The second-order valence-corrected chi connectivity index (χ2v) is 5.02. The average Bonchev–Trinajstić information content (AvgIpc) is 2.92. The molecule has 104 valence electrons. The molecule has 0 aliphatic rings. The molecule has 2 rings (SSSR count). The van der Waals surface area contributed by atoms with E-state index >= 15 is 0 Å². The van der Waals surface area contributed by atoms with Crippen molar-refractivity contribution in [3.63, 3.8) is 0 Å². The molecule has 0 aliphatic carbocycles. The maximum absolute atomic E-state index is 12.0. The van der Waals surface area contributed by atoms with Gasteiger partial charge in [-0.2, -0.15) is 0 Å². The van der Waals surface area contributed by atoms with Gasteiger partial charge in [-0.15, -0.1) is 0 Å². The lowest BCUT2D eigenvalue weighted by molar-refractivity contribution is -0.143. The van der Waals surface area contributed by atoms with E-state index in [4.69, 9.17) is 5.11 Å². The molecule has 2 N–H and O–H groups in total. The Labute approximate surface area is 116 Å². The Morgan fingerprint density at radius 3 is 2.15 bits per heavy atom. The van der Waals surface area contributed by atoms with Gasteiger partial charge in [0.25, 0.3) is 5.91 Å². The summed E-state index contributed by atoms with van der Waals surface area (Å²) in [5, 5.41) is 11.5. The highest BCUT2D eigenvalue weighted by molar-refractivity contribution is 5.97. The molecular weight excluding hydrogens is 256 g/mol. The van der Waals surface area contributed by atoms with Crippen molar-refractivity contribution >= 4 is 11.9 Å². The molecule has 0 saturated heterocycles. The van der Waals surface area contributed by atoms with Gasteiger partial charge in [-0.25, -0.2) is 4.79 Å². The largest absolute Gasteiger partial charge is 0.480 e. The number of aromatic nitrogens is 1. The summed E-state index contributed by atoms with van der Waals surface area (Å²) >= 11 is 0. The minimum Gasteiger partial charge on any atom is -0.480 e.